The number of aliphatic hydroxyl groups is 1. The summed E-state index contributed by atoms with van der Waals surface area (Å²) in [7, 11) is 0. The Balaban J connectivity index is 1.78. The Hall–Kier alpha value is -1.14. The van der Waals surface area contributed by atoms with Gasteiger partial charge in [0.25, 0.3) is 0 Å². The van der Waals surface area contributed by atoms with E-state index in [-0.39, 0.29) is 17.6 Å². The number of aromatic nitrogens is 3. The summed E-state index contributed by atoms with van der Waals surface area (Å²) in [6.45, 7) is 6.45. The van der Waals surface area contributed by atoms with Crippen LogP contribution in [0.25, 0.3) is 4.96 Å². The van der Waals surface area contributed by atoms with Crippen LogP contribution in [0.4, 0.5) is 5.13 Å². The molecule has 2 aromatic rings. The van der Waals surface area contributed by atoms with Crippen LogP contribution in [0.3, 0.4) is 0 Å². The van der Waals surface area contributed by atoms with Crippen molar-refractivity contribution in [2.75, 3.05) is 5.32 Å². The Kier molecular flexibility index (Phi) is 3.46. The van der Waals surface area contributed by atoms with Gasteiger partial charge in [0.05, 0.1) is 24.0 Å². The molecule has 0 aliphatic heterocycles. The fourth-order valence-electron chi connectivity index (χ4n) is 2.56. The highest BCUT2D eigenvalue weighted by molar-refractivity contribution is 7.20. The first-order valence-electron chi connectivity index (χ1n) is 7.25. The van der Waals surface area contributed by atoms with Gasteiger partial charge in [0.15, 0.2) is 0 Å². The molecule has 1 fully saturated rings. The van der Waals surface area contributed by atoms with Crippen molar-refractivity contribution in [2.24, 2.45) is 0 Å². The zero-order chi connectivity index (χ0) is 14.3. The molecule has 2 aromatic heterocycles. The van der Waals surface area contributed by atoms with Crippen LogP contribution in [0, 0.1) is 0 Å². The summed E-state index contributed by atoms with van der Waals surface area (Å²) in [4.78, 5) is 5.54. The highest BCUT2D eigenvalue weighted by Gasteiger charge is 2.24. The molecule has 0 spiro atoms. The van der Waals surface area contributed by atoms with E-state index in [0.29, 0.717) is 0 Å². The van der Waals surface area contributed by atoms with Gasteiger partial charge in [0, 0.05) is 5.41 Å². The molecule has 1 aliphatic rings. The molecule has 1 saturated carbocycles. The zero-order valence-corrected chi connectivity index (χ0v) is 13.1. The van der Waals surface area contributed by atoms with Gasteiger partial charge in [0.1, 0.15) is 0 Å². The largest absolute Gasteiger partial charge is 0.391 e. The van der Waals surface area contributed by atoms with Crippen molar-refractivity contribution in [3.63, 3.8) is 0 Å². The zero-order valence-electron chi connectivity index (χ0n) is 12.3. The Morgan fingerprint density at radius 2 is 2.10 bits per heavy atom. The van der Waals surface area contributed by atoms with Gasteiger partial charge in [-0.05, 0) is 12.8 Å². The second-order valence-corrected chi connectivity index (χ2v) is 7.57. The quantitative estimate of drug-likeness (QED) is 0.894. The van der Waals surface area contributed by atoms with Crippen molar-refractivity contribution in [3.05, 3.63) is 11.9 Å². The molecule has 0 unspecified atom stereocenters. The molecule has 0 amide bonds. The third-order valence-electron chi connectivity index (χ3n) is 3.85. The second-order valence-electron chi connectivity index (χ2n) is 6.61. The van der Waals surface area contributed by atoms with E-state index in [0.717, 1.165) is 35.0 Å². The molecular formula is C14H22N4OS. The molecule has 110 valence electrons. The fraction of sp³-hybridized carbons (Fsp3) is 0.714. The molecule has 0 saturated heterocycles. The number of anilines is 1. The number of hydrogen-bond acceptors (Lipinski definition) is 5. The van der Waals surface area contributed by atoms with Crippen LogP contribution in [-0.2, 0) is 5.41 Å². The number of rotatable bonds is 2. The van der Waals surface area contributed by atoms with E-state index in [4.69, 9.17) is 0 Å². The van der Waals surface area contributed by atoms with Crippen LogP contribution >= 0.6 is 11.3 Å². The van der Waals surface area contributed by atoms with Gasteiger partial charge in [-0.2, -0.15) is 0 Å². The fourth-order valence-corrected chi connectivity index (χ4v) is 3.40. The predicted molar refractivity (Wildman–Crippen MR) is 81.4 cm³/mol. The lowest BCUT2D eigenvalue weighted by Crippen LogP contribution is -2.36. The van der Waals surface area contributed by atoms with Crippen molar-refractivity contribution in [1.29, 1.82) is 0 Å². The summed E-state index contributed by atoms with van der Waals surface area (Å²) in [6, 6.07) is 0.127. The molecule has 3 rings (SSSR count). The lowest BCUT2D eigenvalue weighted by molar-refractivity contribution is 0.116. The first-order valence-corrected chi connectivity index (χ1v) is 8.06. The van der Waals surface area contributed by atoms with E-state index in [2.05, 4.69) is 36.2 Å². The molecule has 0 bridgehead atoms. The summed E-state index contributed by atoms with van der Waals surface area (Å²) in [5, 5.41) is 18.7. The molecule has 1 aliphatic carbocycles. The summed E-state index contributed by atoms with van der Waals surface area (Å²) >= 11 is 1.55. The highest BCUT2D eigenvalue weighted by atomic mass is 32.1. The van der Waals surface area contributed by atoms with Gasteiger partial charge in [-0.3, -0.25) is 0 Å². The van der Waals surface area contributed by atoms with Crippen molar-refractivity contribution >= 4 is 21.4 Å². The van der Waals surface area contributed by atoms with E-state index < -0.39 is 0 Å². The van der Waals surface area contributed by atoms with Crippen LogP contribution in [0.5, 0.6) is 0 Å². The van der Waals surface area contributed by atoms with Crippen LogP contribution in [0.15, 0.2) is 6.20 Å². The Morgan fingerprint density at radius 3 is 2.75 bits per heavy atom. The standard InChI is InChI=1S/C14H22N4OS/c1-14(2,3)11-8-18-13(16-11)20-12(17-18)15-9-6-4-5-7-10(9)19/h8-10,19H,4-7H2,1-3H3,(H,15,17)/t9-,10-/m0/s1. The van der Waals surface area contributed by atoms with Crippen LogP contribution < -0.4 is 5.32 Å². The van der Waals surface area contributed by atoms with Crippen molar-refractivity contribution in [3.8, 4) is 0 Å². The smallest absolute Gasteiger partial charge is 0.214 e. The van der Waals surface area contributed by atoms with Gasteiger partial charge in [0.2, 0.25) is 10.1 Å². The number of hydrogen-bond donors (Lipinski definition) is 2. The monoisotopic (exact) mass is 294 g/mol. The topological polar surface area (TPSA) is 62.5 Å². The molecule has 0 radical (unpaired) electrons. The lowest BCUT2D eigenvalue weighted by atomic mass is 9.93. The maximum atomic E-state index is 10.00. The molecule has 2 N–H and O–H groups in total. The van der Waals surface area contributed by atoms with Crippen molar-refractivity contribution in [1.82, 2.24) is 14.6 Å². The van der Waals surface area contributed by atoms with E-state index >= 15 is 0 Å². The van der Waals surface area contributed by atoms with Gasteiger partial charge >= 0.3 is 0 Å². The third-order valence-corrected chi connectivity index (χ3v) is 4.70. The molecule has 20 heavy (non-hydrogen) atoms. The normalized spacial score (nSPS) is 24.2. The minimum Gasteiger partial charge on any atom is -0.391 e. The molecule has 2 heterocycles. The highest BCUT2D eigenvalue weighted by Crippen LogP contribution is 2.28. The van der Waals surface area contributed by atoms with Crippen molar-refractivity contribution < 1.29 is 5.11 Å². The van der Waals surface area contributed by atoms with Crippen LogP contribution in [0.2, 0.25) is 0 Å². The third kappa shape index (κ3) is 2.67. The number of nitrogens with one attached hydrogen (secondary N) is 1. The molecular weight excluding hydrogens is 272 g/mol. The number of aliphatic hydroxyl groups excluding tert-OH is 1. The first-order chi connectivity index (χ1) is 9.43. The first kappa shape index (κ1) is 13.8. The van der Waals surface area contributed by atoms with Gasteiger partial charge in [-0.25, -0.2) is 9.50 Å². The van der Waals surface area contributed by atoms with E-state index in [1.165, 1.54) is 6.42 Å². The SMILES string of the molecule is CC(C)(C)c1cn2nc(N[C@H]3CCCC[C@@H]3O)sc2n1. The maximum Gasteiger partial charge on any atom is 0.214 e. The minimum absolute atomic E-state index is 0.0422. The molecule has 5 nitrogen and oxygen atoms in total. The van der Waals surface area contributed by atoms with E-state index in [1.807, 2.05) is 10.7 Å². The summed E-state index contributed by atoms with van der Waals surface area (Å²) in [5.41, 5.74) is 1.10. The summed E-state index contributed by atoms with van der Waals surface area (Å²) < 4.78 is 1.84. The lowest BCUT2D eigenvalue weighted by Gasteiger charge is -2.27. The second kappa shape index (κ2) is 5.00. The van der Waals surface area contributed by atoms with Gasteiger partial charge in [-0.1, -0.05) is 44.9 Å². The molecule has 6 heteroatoms. The number of fused-ring (bicyclic) bond motifs is 1. The minimum atomic E-state index is -0.259. The Labute approximate surface area is 123 Å². The van der Waals surface area contributed by atoms with Crippen LogP contribution in [0.1, 0.15) is 52.1 Å². The number of imidazole rings is 1. The Bertz CT molecular complexity index is 566. The maximum absolute atomic E-state index is 10.00. The van der Waals surface area contributed by atoms with E-state index in [1.54, 1.807) is 11.3 Å². The van der Waals surface area contributed by atoms with Crippen molar-refractivity contribution in [2.45, 2.75) is 64.0 Å². The molecule has 2 atom stereocenters. The summed E-state index contributed by atoms with van der Waals surface area (Å²) in [5.74, 6) is 0. The average Bonchev–Trinajstić information content (AvgIpc) is 2.89. The Morgan fingerprint density at radius 1 is 1.35 bits per heavy atom. The van der Waals surface area contributed by atoms with Gasteiger partial charge < -0.3 is 10.4 Å². The average molecular weight is 294 g/mol. The summed E-state index contributed by atoms with van der Waals surface area (Å²) in [6.07, 6.45) is 5.92. The van der Waals surface area contributed by atoms with Gasteiger partial charge in [-0.15, -0.1) is 5.10 Å². The van der Waals surface area contributed by atoms with Crippen LogP contribution in [-0.4, -0.2) is 31.9 Å². The molecule has 0 aromatic carbocycles. The predicted octanol–water partition coefficient (Wildman–Crippen LogP) is 2.80. The van der Waals surface area contributed by atoms with E-state index in [9.17, 15) is 5.11 Å². The number of nitrogens with zero attached hydrogens (tertiary/aromatic N) is 3.